The summed E-state index contributed by atoms with van der Waals surface area (Å²) in [6.45, 7) is 4.53. The molecular formula is C98H161NO8. The first-order valence-corrected chi connectivity index (χ1v) is 43.6. The maximum Gasteiger partial charge on any atom is 0.306 e. The Bertz CT molecular complexity index is 2480. The molecule has 0 aliphatic heterocycles. The summed E-state index contributed by atoms with van der Waals surface area (Å²) in [5, 5.41) is 11.9. The van der Waals surface area contributed by atoms with Crippen LogP contribution in [0.2, 0.25) is 0 Å². The first-order valence-electron chi connectivity index (χ1n) is 43.6. The highest BCUT2D eigenvalue weighted by Crippen LogP contribution is 2.18. The molecule has 0 aromatic rings. The number of allylic oxidation sites excluding steroid dienone is 32. The van der Waals surface area contributed by atoms with Gasteiger partial charge in [0.25, 0.3) is 0 Å². The smallest absolute Gasteiger partial charge is 0.306 e. The van der Waals surface area contributed by atoms with Crippen molar-refractivity contribution in [3.05, 3.63) is 194 Å². The van der Waals surface area contributed by atoms with Crippen LogP contribution in [0.15, 0.2) is 194 Å². The average molecular weight is 1480 g/mol. The molecule has 2 atom stereocenters. The van der Waals surface area contributed by atoms with Crippen molar-refractivity contribution in [1.29, 1.82) is 0 Å². The lowest BCUT2D eigenvalue weighted by Gasteiger charge is -2.26. The van der Waals surface area contributed by atoms with Crippen molar-refractivity contribution in [2.45, 2.75) is 360 Å². The van der Waals surface area contributed by atoms with Gasteiger partial charge in [-0.2, -0.15) is 0 Å². The van der Waals surface area contributed by atoms with E-state index in [0.717, 1.165) is 148 Å². The van der Waals surface area contributed by atoms with E-state index >= 15 is 0 Å². The van der Waals surface area contributed by atoms with Crippen molar-refractivity contribution in [1.82, 2.24) is 0 Å². The predicted octanol–water partition coefficient (Wildman–Crippen LogP) is 27.5. The van der Waals surface area contributed by atoms with E-state index in [1.54, 1.807) is 0 Å². The van der Waals surface area contributed by atoms with Crippen LogP contribution >= 0.6 is 0 Å². The summed E-state index contributed by atoms with van der Waals surface area (Å²) in [6.07, 6.45) is 129. The van der Waals surface area contributed by atoms with Gasteiger partial charge in [-0.15, -0.1) is 0 Å². The van der Waals surface area contributed by atoms with Crippen molar-refractivity contribution in [2.75, 3.05) is 47.5 Å². The molecule has 0 saturated carbocycles. The summed E-state index contributed by atoms with van der Waals surface area (Å²) in [4.78, 5) is 37.7. The SMILES string of the molecule is CC/C=C\C/C=C\C/C=C\C/C=C\C/C=C\C/C=C\C/C=C\C/C=C\C/C=C\C/C=C\CCCCCCCCCCCCC(=O)OC(COC(=O)CCCCCCCCCCCCCCCCCCCCCCCC/C=C\C/C=C\C/C=C\C/C=C\C/C=C\C/C=C\CC)COC(OCC[N+](C)(C)C)C(=O)[O-]. The van der Waals surface area contributed by atoms with Crippen molar-refractivity contribution in [3.63, 3.8) is 0 Å². The van der Waals surface area contributed by atoms with Gasteiger partial charge in [-0.05, 0) is 141 Å². The van der Waals surface area contributed by atoms with Crippen molar-refractivity contribution in [2.24, 2.45) is 0 Å². The molecule has 0 aromatic heterocycles. The third kappa shape index (κ3) is 87.2. The second-order valence-corrected chi connectivity index (χ2v) is 29.7. The number of hydrogen-bond acceptors (Lipinski definition) is 8. The molecule has 9 nitrogen and oxygen atoms in total. The Kier molecular flexibility index (Phi) is 81.0. The lowest BCUT2D eigenvalue weighted by Crippen LogP contribution is -2.44. The number of carboxylic acids is 1. The molecule has 0 saturated heterocycles. The number of carbonyl (C=O) groups excluding carboxylic acids is 3. The van der Waals surface area contributed by atoms with Crippen molar-refractivity contribution >= 4 is 17.9 Å². The highest BCUT2D eigenvalue weighted by Gasteiger charge is 2.22. The third-order valence-electron chi connectivity index (χ3n) is 18.3. The van der Waals surface area contributed by atoms with Gasteiger partial charge < -0.3 is 33.3 Å². The van der Waals surface area contributed by atoms with Gasteiger partial charge in [0.05, 0.1) is 40.3 Å². The number of likely N-dealkylation sites (N-methyl/N-ethyl adjacent to an activating group) is 1. The number of hydrogen-bond donors (Lipinski definition) is 0. The molecule has 0 aliphatic rings. The quantitative estimate of drug-likeness (QED) is 0.0195. The molecule has 0 bridgehead atoms. The number of unbranched alkanes of at least 4 members (excludes halogenated alkanes) is 32. The van der Waals surface area contributed by atoms with Crippen LogP contribution in [-0.2, 0) is 33.3 Å². The molecule has 0 aromatic carbocycles. The summed E-state index contributed by atoms with van der Waals surface area (Å²) in [7, 11) is 5.93. The van der Waals surface area contributed by atoms with E-state index in [2.05, 4.69) is 208 Å². The van der Waals surface area contributed by atoms with Crippen LogP contribution < -0.4 is 5.11 Å². The molecule has 0 amide bonds. The molecule has 0 rings (SSSR count). The van der Waals surface area contributed by atoms with E-state index in [9.17, 15) is 19.5 Å². The number of quaternary nitrogens is 1. The highest BCUT2D eigenvalue weighted by atomic mass is 16.7. The summed E-state index contributed by atoms with van der Waals surface area (Å²) >= 11 is 0. The zero-order chi connectivity index (χ0) is 77.4. The maximum absolute atomic E-state index is 13.0. The van der Waals surface area contributed by atoms with E-state index in [0.29, 0.717) is 17.4 Å². The van der Waals surface area contributed by atoms with E-state index in [4.69, 9.17) is 18.9 Å². The lowest BCUT2D eigenvalue weighted by atomic mass is 10.0. The average Bonchev–Trinajstić information content (AvgIpc) is 0.965. The second-order valence-electron chi connectivity index (χ2n) is 29.7. The first kappa shape index (κ1) is 101. The number of carboxylic acid groups (broad SMARTS) is 1. The van der Waals surface area contributed by atoms with Crippen LogP contribution in [0.25, 0.3) is 0 Å². The van der Waals surface area contributed by atoms with Gasteiger partial charge in [-0.25, -0.2) is 0 Å². The van der Waals surface area contributed by atoms with Gasteiger partial charge in [-0.3, -0.25) is 9.59 Å². The summed E-state index contributed by atoms with van der Waals surface area (Å²) in [5.74, 6) is -2.29. The molecule has 0 spiro atoms. The number of rotatable bonds is 79. The summed E-state index contributed by atoms with van der Waals surface area (Å²) in [6, 6.07) is 0. The van der Waals surface area contributed by atoms with Crippen LogP contribution in [0.5, 0.6) is 0 Å². The minimum absolute atomic E-state index is 0.140. The number of nitrogens with zero attached hydrogens (tertiary/aromatic N) is 1. The number of aliphatic carboxylic acids is 1. The van der Waals surface area contributed by atoms with Gasteiger partial charge in [0, 0.05) is 12.8 Å². The molecule has 0 fully saturated rings. The topological polar surface area (TPSA) is 111 Å². The fourth-order valence-corrected chi connectivity index (χ4v) is 11.8. The largest absolute Gasteiger partial charge is 0.545 e. The minimum atomic E-state index is -1.63. The predicted molar refractivity (Wildman–Crippen MR) is 462 cm³/mol. The van der Waals surface area contributed by atoms with Gasteiger partial charge in [0.15, 0.2) is 12.4 Å². The molecule has 0 aliphatic carbocycles. The highest BCUT2D eigenvalue weighted by molar-refractivity contribution is 5.70. The fourth-order valence-electron chi connectivity index (χ4n) is 11.8. The zero-order valence-corrected chi connectivity index (χ0v) is 69.4. The van der Waals surface area contributed by atoms with Crippen LogP contribution in [0.3, 0.4) is 0 Å². The second kappa shape index (κ2) is 85.7. The number of esters is 2. The Morgan fingerprint density at radius 2 is 0.505 bits per heavy atom. The minimum Gasteiger partial charge on any atom is -0.545 e. The maximum atomic E-state index is 13.0. The molecular weight excluding hydrogens is 1320 g/mol. The third-order valence-corrected chi connectivity index (χ3v) is 18.3. The van der Waals surface area contributed by atoms with E-state index < -0.39 is 24.3 Å². The van der Waals surface area contributed by atoms with Gasteiger partial charge in [0.1, 0.15) is 13.2 Å². The number of carbonyl (C=O) groups is 3. The standard InChI is InChI=1S/C98H161NO8/c1-6-8-10-12-14-16-18-20-22-24-26-28-30-32-34-36-38-40-42-44-46-48-50-52-54-56-58-60-62-64-66-68-70-72-74-76-78-80-82-84-86-88-95(100)105-92-94(93-106-98(97(102)103)104-91-90-99(3,4)5)107-96(101)89-87-85-83-81-79-77-75-73-71-69-67-65-63-61-59-57-55-53-51-49-47-45-43-41-39-37-35-33-31-29-27-25-23-21-19-17-15-13-11-9-7-2/h8-11,14-17,20-23,26-29,32-35,38-41,45,47,51,53,57,59,63,65,94,98H,6-7,12-13,18-19,24-25,30-31,36-37,42-44,46,48-50,52,54-56,58,60-62,64,66-93H2,1-5H3/b10-8-,11-9-,16-14-,17-15-,22-20-,23-21-,28-26-,29-27-,34-32-,35-33-,40-38-,41-39-,47-45-,53-51-,59-57-,65-63-. The Labute approximate surface area is 659 Å². The monoisotopic (exact) mass is 1480 g/mol. The first-order chi connectivity index (χ1) is 52.6. The fraction of sp³-hybridized carbons (Fsp3) is 0.643. The molecule has 0 heterocycles. The normalized spacial score (nSPS) is 13.6. The Hall–Kier alpha value is -5.87. The van der Waals surface area contributed by atoms with Crippen LogP contribution in [-0.4, -0.2) is 82.3 Å². The van der Waals surface area contributed by atoms with Crippen LogP contribution in [0.1, 0.15) is 348 Å². The van der Waals surface area contributed by atoms with E-state index in [-0.39, 0.29) is 38.6 Å². The molecule has 0 radical (unpaired) electrons. The van der Waals surface area contributed by atoms with Crippen LogP contribution in [0.4, 0.5) is 0 Å². The molecule has 2 unspecified atom stereocenters. The van der Waals surface area contributed by atoms with Crippen LogP contribution in [0, 0.1) is 0 Å². The summed E-state index contributed by atoms with van der Waals surface area (Å²) < 4.78 is 22.9. The summed E-state index contributed by atoms with van der Waals surface area (Å²) in [5.41, 5.74) is 0. The molecule has 107 heavy (non-hydrogen) atoms. The Morgan fingerprint density at radius 3 is 0.748 bits per heavy atom. The van der Waals surface area contributed by atoms with Gasteiger partial charge in [0.2, 0.25) is 0 Å². The van der Waals surface area contributed by atoms with Crippen molar-refractivity contribution < 1.29 is 42.9 Å². The Morgan fingerprint density at radius 1 is 0.280 bits per heavy atom. The van der Waals surface area contributed by atoms with Gasteiger partial charge in [-0.1, -0.05) is 388 Å². The molecule has 0 N–H and O–H groups in total. The lowest BCUT2D eigenvalue weighted by molar-refractivity contribution is -0.870. The van der Waals surface area contributed by atoms with E-state index in [1.807, 2.05) is 21.1 Å². The Balaban J connectivity index is 4.04. The van der Waals surface area contributed by atoms with Gasteiger partial charge >= 0.3 is 11.9 Å². The molecule has 606 valence electrons. The van der Waals surface area contributed by atoms with Crippen molar-refractivity contribution in [3.8, 4) is 0 Å². The zero-order valence-electron chi connectivity index (χ0n) is 69.4. The number of ether oxygens (including phenoxy) is 4. The van der Waals surface area contributed by atoms with E-state index in [1.165, 1.54) is 167 Å². The molecule has 9 heteroatoms.